The van der Waals surface area contributed by atoms with Gasteiger partial charge in [-0.05, 0) is 24.3 Å². The molecule has 1 aromatic rings. The van der Waals surface area contributed by atoms with Crippen molar-refractivity contribution in [1.29, 1.82) is 0 Å². The van der Waals surface area contributed by atoms with E-state index in [0.717, 1.165) is 12.8 Å². The molecule has 16 heavy (non-hydrogen) atoms. The third kappa shape index (κ3) is 2.42. The van der Waals surface area contributed by atoms with E-state index in [-0.39, 0.29) is 5.91 Å². The summed E-state index contributed by atoms with van der Waals surface area (Å²) in [6.07, 6.45) is 1.64. The van der Waals surface area contributed by atoms with Gasteiger partial charge in [0.25, 0.3) is 0 Å². The Morgan fingerprint density at radius 3 is 2.62 bits per heavy atom. The van der Waals surface area contributed by atoms with Crippen LogP contribution in [0, 0.1) is 0 Å². The molecule has 0 radical (unpaired) electrons. The molecule has 3 nitrogen and oxygen atoms in total. The van der Waals surface area contributed by atoms with Gasteiger partial charge >= 0.3 is 0 Å². The summed E-state index contributed by atoms with van der Waals surface area (Å²) in [6, 6.07) is 10.2. The van der Waals surface area contributed by atoms with E-state index < -0.39 is 5.54 Å². The molecule has 0 aromatic heterocycles. The molecule has 2 rings (SSSR count). The molecule has 0 bridgehead atoms. The minimum atomic E-state index is -0.559. The third-order valence-electron chi connectivity index (χ3n) is 3.18. The zero-order valence-electron chi connectivity index (χ0n) is 9.57. The van der Waals surface area contributed by atoms with E-state index in [9.17, 15) is 4.79 Å². The van der Waals surface area contributed by atoms with Crippen LogP contribution in [0.4, 0.5) is 0 Å². The lowest BCUT2D eigenvalue weighted by molar-refractivity contribution is -0.123. The molecule has 1 fully saturated rings. The highest BCUT2D eigenvalue weighted by Gasteiger charge is 2.45. The molecule has 1 aliphatic rings. The van der Waals surface area contributed by atoms with Gasteiger partial charge in [-0.15, -0.1) is 0 Å². The summed E-state index contributed by atoms with van der Waals surface area (Å²) in [5.41, 5.74) is 6.48. The van der Waals surface area contributed by atoms with Crippen LogP contribution in [-0.4, -0.2) is 18.0 Å². The summed E-state index contributed by atoms with van der Waals surface area (Å²) in [4.78, 5) is 11.6. The monoisotopic (exact) mass is 218 g/mol. The van der Waals surface area contributed by atoms with Crippen LogP contribution in [0.15, 0.2) is 30.3 Å². The minimum absolute atomic E-state index is 0.00437. The van der Waals surface area contributed by atoms with E-state index in [4.69, 9.17) is 5.73 Å². The average Bonchev–Trinajstić information content (AvgIpc) is 3.06. The zero-order valence-corrected chi connectivity index (χ0v) is 9.57. The number of nitrogens with two attached hydrogens (primary N) is 1. The summed E-state index contributed by atoms with van der Waals surface area (Å²) < 4.78 is 0. The molecular weight excluding hydrogens is 200 g/mol. The van der Waals surface area contributed by atoms with Gasteiger partial charge in [-0.3, -0.25) is 4.79 Å². The molecule has 0 spiro atoms. The van der Waals surface area contributed by atoms with Crippen molar-refractivity contribution in [2.45, 2.75) is 31.2 Å². The first-order valence-corrected chi connectivity index (χ1v) is 5.74. The van der Waals surface area contributed by atoms with E-state index in [1.165, 1.54) is 5.56 Å². The van der Waals surface area contributed by atoms with Crippen LogP contribution in [0.25, 0.3) is 0 Å². The number of amides is 1. The largest absolute Gasteiger partial charge is 0.354 e. The first-order valence-electron chi connectivity index (χ1n) is 5.74. The predicted octanol–water partition coefficient (Wildman–Crippen LogP) is 1.40. The minimum Gasteiger partial charge on any atom is -0.354 e. The molecular formula is C13H18N2O. The first kappa shape index (κ1) is 11.1. The van der Waals surface area contributed by atoms with Crippen LogP contribution in [0.5, 0.6) is 0 Å². The SMILES string of the molecule is CC(CNC(=O)C1(N)CC1)c1ccccc1. The molecule has 0 aliphatic heterocycles. The van der Waals surface area contributed by atoms with Gasteiger partial charge in [0.05, 0.1) is 5.54 Å². The van der Waals surface area contributed by atoms with Crippen LogP contribution < -0.4 is 11.1 Å². The van der Waals surface area contributed by atoms with Crippen molar-refractivity contribution < 1.29 is 4.79 Å². The lowest BCUT2D eigenvalue weighted by Crippen LogP contribution is -2.43. The highest BCUT2D eigenvalue weighted by atomic mass is 16.2. The summed E-state index contributed by atoms with van der Waals surface area (Å²) >= 11 is 0. The van der Waals surface area contributed by atoms with Gasteiger partial charge in [-0.25, -0.2) is 0 Å². The van der Waals surface area contributed by atoms with Crippen molar-refractivity contribution in [2.75, 3.05) is 6.54 Å². The average molecular weight is 218 g/mol. The van der Waals surface area contributed by atoms with Crippen molar-refractivity contribution >= 4 is 5.91 Å². The standard InChI is InChI=1S/C13H18N2O/c1-10(11-5-3-2-4-6-11)9-15-12(16)13(14)7-8-13/h2-6,10H,7-9,14H2,1H3,(H,15,16). The second-order valence-electron chi connectivity index (χ2n) is 4.68. The second-order valence-corrected chi connectivity index (χ2v) is 4.68. The molecule has 3 N–H and O–H groups in total. The van der Waals surface area contributed by atoms with Gasteiger partial charge in [-0.2, -0.15) is 0 Å². The van der Waals surface area contributed by atoms with Crippen molar-refractivity contribution in [2.24, 2.45) is 5.73 Å². The van der Waals surface area contributed by atoms with Crippen LogP contribution in [-0.2, 0) is 4.79 Å². The Bertz CT molecular complexity index is 371. The molecule has 1 aliphatic carbocycles. The highest BCUT2D eigenvalue weighted by molar-refractivity contribution is 5.88. The Labute approximate surface area is 96.0 Å². The van der Waals surface area contributed by atoms with Gasteiger partial charge in [0, 0.05) is 6.54 Å². The van der Waals surface area contributed by atoms with E-state index in [1.807, 2.05) is 18.2 Å². The number of carbonyl (C=O) groups is 1. The summed E-state index contributed by atoms with van der Waals surface area (Å²) in [6.45, 7) is 2.76. The molecule has 1 aromatic carbocycles. The maximum atomic E-state index is 11.6. The number of hydrogen-bond donors (Lipinski definition) is 2. The topological polar surface area (TPSA) is 55.1 Å². The normalized spacial score (nSPS) is 18.9. The number of benzene rings is 1. The van der Waals surface area contributed by atoms with Crippen LogP contribution in [0.1, 0.15) is 31.2 Å². The second kappa shape index (κ2) is 4.26. The fourth-order valence-electron chi connectivity index (χ4n) is 1.68. The van der Waals surface area contributed by atoms with Crippen LogP contribution >= 0.6 is 0 Å². The van der Waals surface area contributed by atoms with Gasteiger partial charge < -0.3 is 11.1 Å². The number of rotatable bonds is 4. The third-order valence-corrected chi connectivity index (χ3v) is 3.18. The maximum absolute atomic E-state index is 11.6. The molecule has 0 saturated heterocycles. The van der Waals surface area contributed by atoms with Gasteiger partial charge in [0.15, 0.2) is 0 Å². The maximum Gasteiger partial charge on any atom is 0.240 e. The van der Waals surface area contributed by atoms with E-state index >= 15 is 0 Å². The van der Waals surface area contributed by atoms with E-state index in [1.54, 1.807) is 0 Å². The summed E-state index contributed by atoms with van der Waals surface area (Å²) in [5, 5.41) is 2.92. The van der Waals surface area contributed by atoms with Crippen molar-refractivity contribution in [3.8, 4) is 0 Å². The van der Waals surface area contributed by atoms with Gasteiger partial charge in [0.2, 0.25) is 5.91 Å². The molecule has 86 valence electrons. The molecule has 3 heteroatoms. The molecule has 1 atom stereocenters. The smallest absolute Gasteiger partial charge is 0.240 e. The molecule has 0 heterocycles. The lowest BCUT2D eigenvalue weighted by atomic mass is 10.0. The van der Waals surface area contributed by atoms with Crippen LogP contribution in [0.2, 0.25) is 0 Å². The quantitative estimate of drug-likeness (QED) is 0.802. The number of nitrogens with one attached hydrogen (secondary N) is 1. The Morgan fingerprint density at radius 1 is 1.44 bits per heavy atom. The Kier molecular flexibility index (Phi) is 2.97. The van der Waals surface area contributed by atoms with Crippen molar-refractivity contribution in [3.63, 3.8) is 0 Å². The summed E-state index contributed by atoms with van der Waals surface area (Å²) in [7, 11) is 0. The van der Waals surface area contributed by atoms with Crippen molar-refractivity contribution in [1.82, 2.24) is 5.32 Å². The fourth-order valence-corrected chi connectivity index (χ4v) is 1.68. The lowest BCUT2D eigenvalue weighted by Gasteiger charge is -2.15. The number of hydrogen-bond acceptors (Lipinski definition) is 2. The molecule has 1 amide bonds. The Hall–Kier alpha value is -1.35. The van der Waals surface area contributed by atoms with Gasteiger partial charge in [-0.1, -0.05) is 37.3 Å². The predicted molar refractivity (Wildman–Crippen MR) is 64.0 cm³/mol. The van der Waals surface area contributed by atoms with Crippen LogP contribution in [0.3, 0.4) is 0 Å². The first-order chi connectivity index (χ1) is 7.62. The number of carbonyl (C=O) groups excluding carboxylic acids is 1. The highest BCUT2D eigenvalue weighted by Crippen LogP contribution is 2.32. The van der Waals surface area contributed by atoms with E-state index in [2.05, 4.69) is 24.4 Å². The molecule has 1 saturated carbocycles. The molecule has 1 unspecified atom stereocenters. The van der Waals surface area contributed by atoms with E-state index in [0.29, 0.717) is 12.5 Å². The zero-order chi connectivity index (χ0) is 11.6. The fraction of sp³-hybridized carbons (Fsp3) is 0.462. The van der Waals surface area contributed by atoms with Crippen molar-refractivity contribution in [3.05, 3.63) is 35.9 Å². The Balaban J connectivity index is 1.84. The Morgan fingerprint density at radius 2 is 2.06 bits per heavy atom. The van der Waals surface area contributed by atoms with Gasteiger partial charge in [0.1, 0.15) is 0 Å². The summed E-state index contributed by atoms with van der Waals surface area (Å²) in [5.74, 6) is 0.322.